The number of carbonyl (C=O) groups excluding carboxylic acids is 1. The minimum atomic E-state index is -0.212. The second-order valence-electron chi connectivity index (χ2n) is 4.92. The van der Waals surface area contributed by atoms with Crippen LogP contribution in [-0.4, -0.2) is 5.97 Å². The first-order valence-electron chi connectivity index (χ1n) is 6.47. The van der Waals surface area contributed by atoms with Crippen molar-refractivity contribution in [2.45, 2.75) is 52.4 Å². The Bertz CT molecular complexity index is 392. The Hall–Kier alpha value is -1.31. The van der Waals surface area contributed by atoms with Crippen molar-refractivity contribution in [1.29, 1.82) is 0 Å². The lowest BCUT2D eigenvalue weighted by Gasteiger charge is -2.14. The molecule has 1 aromatic rings. The molecule has 0 spiro atoms. The van der Waals surface area contributed by atoms with Gasteiger partial charge < -0.3 is 4.74 Å². The Balaban J connectivity index is 2.42. The van der Waals surface area contributed by atoms with Crippen LogP contribution in [0.15, 0.2) is 12.1 Å². The van der Waals surface area contributed by atoms with Gasteiger partial charge in [-0.05, 0) is 43.7 Å². The highest BCUT2D eigenvalue weighted by atomic mass is 16.5. The molecule has 0 heterocycles. The van der Waals surface area contributed by atoms with Gasteiger partial charge in [0.1, 0.15) is 5.75 Å². The summed E-state index contributed by atoms with van der Waals surface area (Å²) in [4.78, 5) is 11.2. The summed E-state index contributed by atoms with van der Waals surface area (Å²) >= 11 is 0. The van der Waals surface area contributed by atoms with Crippen molar-refractivity contribution in [1.82, 2.24) is 0 Å². The highest BCUT2D eigenvalue weighted by Crippen LogP contribution is 2.31. The van der Waals surface area contributed by atoms with Crippen LogP contribution in [0, 0.1) is 6.92 Å². The zero-order chi connectivity index (χ0) is 12.3. The van der Waals surface area contributed by atoms with E-state index in [4.69, 9.17) is 4.74 Å². The Labute approximate surface area is 103 Å². The number of hydrogen-bond donors (Lipinski definition) is 0. The average Bonchev–Trinajstić information content (AvgIpc) is 2.31. The number of rotatable bonds is 1. The van der Waals surface area contributed by atoms with Crippen LogP contribution in [0.4, 0.5) is 0 Å². The normalized spacial score (nSPS) is 15.6. The van der Waals surface area contributed by atoms with E-state index < -0.39 is 0 Å². The summed E-state index contributed by atoms with van der Waals surface area (Å²) in [6.45, 7) is 3.59. The van der Waals surface area contributed by atoms with E-state index in [-0.39, 0.29) is 5.97 Å². The average molecular weight is 232 g/mol. The predicted octanol–water partition coefficient (Wildman–Crippen LogP) is 3.58. The summed E-state index contributed by atoms with van der Waals surface area (Å²) in [6.07, 6.45) is 6.98. The van der Waals surface area contributed by atoms with Gasteiger partial charge in [-0.1, -0.05) is 30.5 Å². The van der Waals surface area contributed by atoms with Crippen molar-refractivity contribution in [3.05, 3.63) is 28.8 Å². The van der Waals surface area contributed by atoms with Gasteiger partial charge >= 0.3 is 5.97 Å². The molecule has 0 unspecified atom stereocenters. The maximum absolute atomic E-state index is 11.2. The van der Waals surface area contributed by atoms with E-state index in [0.29, 0.717) is 0 Å². The van der Waals surface area contributed by atoms with E-state index >= 15 is 0 Å². The van der Waals surface area contributed by atoms with Crippen LogP contribution in [0.5, 0.6) is 5.75 Å². The fraction of sp³-hybridized carbons (Fsp3) is 0.533. The van der Waals surface area contributed by atoms with Crippen LogP contribution < -0.4 is 4.74 Å². The third-order valence-electron chi connectivity index (χ3n) is 3.28. The lowest BCUT2D eigenvalue weighted by molar-refractivity contribution is -0.132. The molecule has 1 aromatic carbocycles. The van der Waals surface area contributed by atoms with E-state index in [9.17, 15) is 4.79 Å². The van der Waals surface area contributed by atoms with Crippen molar-refractivity contribution >= 4 is 5.97 Å². The van der Waals surface area contributed by atoms with Crippen molar-refractivity contribution in [2.75, 3.05) is 0 Å². The Morgan fingerprint density at radius 3 is 2.06 bits per heavy atom. The fourth-order valence-electron chi connectivity index (χ4n) is 2.56. The Morgan fingerprint density at radius 2 is 1.59 bits per heavy atom. The number of aryl methyl sites for hydroxylation is 3. The maximum Gasteiger partial charge on any atom is 0.308 e. The fourth-order valence-corrected chi connectivity index (χ4v) is 2.56. The molecule has 0 radical (unpaired) electrons. The maximum atomic E-state index is 11.2. The molecule has 17 heavy (non-hydrogen) atoms. The van der Waals surface area contributed by atoms with Crippen LogP contribution in [-0.2, 0) is 17.6 Å². The first-order chi connectivity index (χ1) is 8.16. The van der Waals surface area contributed by atoms with Crippen LogP contribution in [0.3, 0.4) is 0 Å². The summed E-state index contributed by atoms with van der Waals surface area (Å²) in [5, 5.41) is 0. The summed E-state index contributed by atoms with van der Waals surface area (Å²) in [5.74, 6) is 0.626. The molecular weight excluding hydrogens is 212 g/mol. The quantitative estimate of drug-likeness (QED) is 0.546. The monoisotopic (exact) mass is 232 g/mol. The van der Waals surface area contributed by atoms with E-state index in [0.717, 1.165) is 18.6 Å². The number of benzene rings is 1. The summed E-state index contributed by atoms with van der Waals surface area (Å²) < 4.78 is 5.43. The molecule has 0 aliphatic heterocycles. The second kappa shape index (κ2) is 5.35. The molecule has 92 valence electrons. The van der Waals surface area contributed by atoms with Crippen molar-refractivity contribution in [3.8, 4) is 5.75 Å². The van der Waals surface area contributed by atoms with Gasteiger partial charge in [0.25, 0.3) is 0 Å². The van der Waals surface area contributed by atoms with Gasteiger partial charge in [-0.25, -0.2) is 0 Å². The minimum absolute atomic E-state index is 0.212. The Morgan fingerprint density at radius 1 is 1.06 bits per heavy atom. The molecule has 0 aromatic heterocycles. The number of fused-ring (bicyclic) bond motifs is 2. The third-order valence-corrected chi connectivity index (χ3v) is 3.28. The van der Waals surface area contributed by atoms with Crippen LogP contribution in [0.2, 0.25) is 0 Å². The lowest BCUT2D eigenvalue weighted by atomic mass is 10.00. The van der Waals surface area contributed by atoms with Gasteiger partial charge in [0, 0.05) is 6.92 Å². The van der Waals surface area contributed by atoms with Gasteiger partial charge in [-0.2, -0.15) is 0 Å². The molecule has 2 bridgehead atoms. The molecular formula is C15H20O2. The molecule has 0 fully saturated rings. The number of hydrogen-bond acceptors (Lipinski definition) is 2. The van der Waals surface area contributed by atoms with E-state index in [1.807, 2.05) is 0 Å². The zero-order valence-electron chi connectivity index (χ0n) is 10.7. The van der Waals surface area contributed by atoms with Crippen molar-refractivity contribution in [3.63, 3.8) is 0 Å². The van der Waals surface area contributed by atoms with Crippen molar-refractivity contribution in [2.24, 2.45) is 0 Å². The molecule has 2 nitrogen and oxygen atoms in total. The lowest BCUT2D eigenvalue weighted by Crippen LogP contribution is -2.07. The summed E-state index contributed by atoms with van der Waals surface area (Å²) in [5.41, 5.74) is 3.68. The molecule has 2 heteroatoms. The predicted molar refractivity (Wildman–Crippen MR) is 68.4 cm³/mol. The SMILES string of the molecule is CC(=O)Oc1c2cc(C)cc1CCCCCC2. The minimum Gasteiger partial charge on any atom is -0.426 e. The standard InChI is InChI=1S/C15H20O2/c1-11-9-13-7-5-3-4-6-8-14(10-11)15(13)17-12(2)16/h9-10H,3-8H2,1-2H3. The summed E-state index contributed by atoms with van der Waals surface area (Å²) in [7, 11) is 0. The van der Waals surface area contributed by atoms with Gasteiger partial charge in [-0.15, -0.1) is 0 Å². The largest absolute Gasteiger partial charge is 0.426 e. The molecule has 2 rings (SSSR count). The highest BCUT2D eigenvalue weighted by molar-refractivity contribution is 5.70. The third kappa shape index (κ3) is 3.09. The first-order valence-corrected chi connectivity index (χ1v) is 6.47. The van der Waals surface area contributed by atoms with E-state index in [1.165, 1.54) is 49.3 Å². The molecule has 1 aliphatic rings. The molecule has 0 N–H and O–H groups in total. The van der Waals surface area contributed by atoms with Gasteiger partial charge in [-0.3, -0.25) is 4.79 Å². The first kappa shape index (κ1) is 12.2. The molecule has 0 amide bonds. The van der Waals surface area contributed by atoms with Gasteiger partial charge in [0.05, 0.1) is 0 Å². The number of carbonyl (C=O) groups is 1. The van der Waals surface area contributed by atoms with Crippen LogP contribution >= 0.6 is 0 Å². The van der Waals surface area contributed by atoms with Gasteiger partial charge in [0.15, 0.2) is 0 Å². The topological polar surface area (TPSA) is 26.3 Å². The van der Waals surface area contributed by atoms with Gasteiger partial charge in [0.2, 0.25) is 0 Å². The number of ether oxygens (including phenoxy) is 1. The molecule has 0 saturated carbocycles. The van der Waals surface area contributed by atoms with Crippen LogP contribution in [0.25, 0.3) is 0 Å². The molecule has 0 saturated heterocycles. The zero-order valence-corrected chi connectivity index (χ0v) is 10.7. The summed E-state index contributed by atoms with van der Waals surface area (Å²) in [6, 6.07) is 4.32. The molecule has 0 atom stereocenters. The molecule has 1 aliphatic carbocycles. The highest BCUT2D eigenvalue weighted by Gasteiger charge is 2.14. The van der Waals surface area contributed by atoms with Crippen molar-refractivity contribution < 1.29 is 9.53 Å². The Kier molecular flexibility index (Phi) is 3.82. The van der Waals surface area contributed by atoms with Crippen LogP contribution in [0.1, 0.15) is 49.3 Å². The van der Waals surface area contributed by atoms with E-state index in [1.54, 1.807) is 0 Å². The number of esters is 1. The van der Waals surface area contributed by atoms with E-state index in [2.05, 4.69) is 19.1 Å². The smallest absolute Gasteiger partial charge is 0.308 e. The second-order valence-corrected chi connectivity index (χ2v) is 4.92.